The third-order valence-corrected chi connectivity index (χ3v) is 9.87. The summed E-state index contributed by atoms with van der Waals surface area (Å²) in [4.78, 5) is 48.5. The molecule has 0 saturated heterocycles. The van der Waals surface area contributed by atoms with Crippen LogP contribution in [0, 0.1) is 0 Å². The highest BCUT2D eigenvalue weighted by Crippen LogP contribution is 2.13. The number of sulfonamides is 1. The van der Waals surface area contributed by atoms with Crippen molar-refractivity contribution in [3.8, 4) is 0 Å². The van der Waals surface area contributed by atoms with Gasteiger partial charge in [-0.2, -0.15) is 0 Å². The van der Waals surface area contributed by atoms with Gasteiger partial charge < -0.3 is 22.1 Å². The number of carbonyl (C=O) groups is 3. The van der Waals surface area contributed by atoms with E-state index in [1.165, 1.54) is 6.20 Å². The number of amides is 2. The molecule has 2 aromatic carbocycles. The predicted molar refractivity (Wildman–Crippen MR) is 181 cm³/mol. The van der Waals surface area contributed by atoms with Crippen molar-refractivity contribution in [1.82, 2.24) is 20.3 Å². The Morgan fingerprint density at radius 1 is 0.851 bits per heavy atom. The first kappa shape index (κ1) is 37.3. The fourth-order valence-corrected chi connectivity index (χ4v) is 7.13. The van der Waals surface area contributed by atoms with E-state index in [1.807, 2.05) is 0 Å². The molecule has 1 aromatic heterocycles. The molecule has 0 aliphatic heterocycles. The number of aliphatic imine (C=N–C) groups is 1. The van der Waals surface area contributed by atoms with Gasteiger partial charge in [-0.15, -0.1) is 11.3 Å². The van der Waals surface area contributed by atoms with Crippen LogP contribution in [0.25, 0.3) is 0 Å². The molecule has 3 rings (SSSR count). The van der Waals surface area contributed by atoms with E-state index >= 15 is 0 Å². The molecule has 14 nitrogen and oxygen atoms in total. The van der Waals surface area contributed by atoms with Crippen LogP contribution in [0.5, 0.6) is 0 Å². The number of ketones is 1. The van der Waals surface area contributed by atoms with Crippen LogP contribution in [0.15, 0.2) is 77.2 Å². The number of hydrogen-bond donors (Lipinski definition) is 5. The minimum atomic E-state index is -4.05. The van der Waals surface area contributed by atoms with Crippen LogP contribution in [0.4, 0.5) is 0 Å². The summed E-state index contributed by atoms with van der Waals surface area (Å²) >= 11 is 1.08. The van der Waals surface area contributed by atoms with Crippen molar-refractivity contribution in [1.29, 1.82) is 0 Å². The number of aromatic nitrogens is 1. The second-order valence-corrected chi connectivity index (χ2v) is 15.7. The normalized spacial score (nSPS) is 13.6. The summed E-state index contributed by atoms with van der Waals surface area (Å²) in [7, 11) is -7.63. The number of nitrogens with one attached hydrogen (secondary N) is 3. The first-order valence-electron chi connectivity index (χ1n) is 14.6. The van der Waals surface area contributed by atoms with E-state index in [1.54, 1.807) is 66.0 Å². The minimum Gasteiger partial charge on any atom is -0.370 e. The SMILES string of the molecule is CS(=O)(=O)CC[C@H](NC(=O)[C@@H](Cc1ccccc1)NS(=O)(=O)Cc1ccccc1)C(=O)N[C@@H](CCCN=C(N)N)C(=O)c1nccs1. The molecule has 0 bridgehead atoms. The number of benzene rings is 2. The van der Waals surface area contributed by atoms with E-state index in [0.29, 0.717) is 17.5 Å². The average molecular weight is 706 g/mol. The topological polar surface area (TPSA) is 233 Å². The number of guanidine groups is 1. The maximum atomic E-state index is 13.7. The number of sulfone groups is 1. The Labute approximate surface area is 278 Å². The summed E-state index contributed by atoms with van der Waals surface area (Å²) in [5, 5.41) is 6.91. The first-order chi connectivity index (χ1) is 22.2. The van der Waals surface area contributed by atoms with Crippen LogP contribution in [0.1, 0.15) is 40.2 Å². The average Bonchev–Trinajstić information content (AvgIpc) is 3.55. The maximum absolute atomic E-state index is 13.7. The summed E-state index contributed by atoms with van der Waals surface area (Å²) in [5.41, 5.74) is 11.9. The smallest absolute Gasteiger partial charge is 0.243 e. The third-order valence-electron chi connectivity index (χ3n) is 6.75. The summed E-state index contributed by atoms with van der Waals surface area (Å²) in [6.07, 6.45) is 2.45. The Balaban J connectivity index is 1.86. The van der Waals surface area contributed by atoms with Crippen LogP contribution >= 0.6 is 11.3 Å². The van der Waals surface area contributed by atoms with Crippen molar-refractivity contribution < 1.29 is 31.2 Å². The molecule has 2 amide bonds. The van der Waals surface area contributed by atoms with E-state index in [-0.39, 0.29) is 36.8 Å². The molecular weight excluding hydrogens is 667 g/mol. The summed E-state index contributed by atoms with van der Waals surface area (Å²) in [6.45, 7) is 0.179. The molecule has 0 aliphatic rings. The lowest BCUT2D eigenvalue weighted by Gasteiger charge is -2.25. The zero-order valence-electron chi connectivity index (χ0n) is 25.7. The van der Waals surface area contributed by atoms with Crippen LogP contribution in [0.3, 0.4) is 0 Å². The Morgan fingerprint density at radius 2 is 1.45 bits per heavy atom. The lowest BCUT2D eigenvalue weighted by molar-refractivity contribution is -0.130. The van der Waals surface area contributed by atoms with Crippen LogP contribution in [-0.4, -0.2) is 82.1 Å². The number of Topliss-reactive ketones (excluding diaryl/α,β-unsaturated/α-hetero) is 1. The van der Waals surface area contributed by atoms with Crippen molar-refractivity contribution in [3.05, 3.63) is 88.4 Å². The van der Waals surface area contributed by atoms with Crippen molar-refractivity contribution in [2.45, 2.75) is 49.6 Å². The second kappa shape index (κ2) is 17.7. The van der Waals surface area contributed by atoms with Crippen molar-refractivity contribution in [2.24, 2.45) is 16.5 Å². The Hall–Kier alpha value is -4.19. The molecule has 0 spiro atoms. The molecule has 1 heterocycles. The summed E-state index contributed by atoms with van der Waals surface area (Å²) in [6, 6.07) is 13.2. The quantitative estimate of drug-likeness (QED) is 0.0502. The summed E-state index contributed by atoms with van der Waals surface area (Å²) in [5.74, 6) is -3.17. The van der Waals surface area contributed by atoms with Gasteiger partial charge in [-0.05, 0) is 36.8 Å². The highest BCUT2D eigenvalue weighted by Gasteiger charge is 2.32. The highest BCUT2D eigenvalue weighted by molar-refractivity contribution is 7.90. The Kier molecular flexibility index (Phi) is 14.0. The fourth-order valence-electron chi connectivity index (χ4n) is 4.50. The van der Waals surface area contributed by atoms with Crippen LogP contribution in [0.2, 0.25) is 0 Å². The Morgan fingerprint density at radius 3 is 2.02 bits per heavy atom. The minimum absolute atomic E-state index is 0.0585. The van der Waals surface area contributed by atoms with Crippen molar-refractivity contribution >= 4 is 54.8 Å². The molecule has 17 heteroatoms. The number of hydrogen-bond acceptors (Lipinski definition) is 10. The molecule has 0 saturated carbocycles. The third kappa shape index (κ3) is 13.6. The van der Waals surface area contributed by atoms with Gasteiger partial charge in [0.2, 0.25) is 27.6 Å². The van der Waals surface area contributed by atoms with E-state index in [0.717, 1.165) is 17.6 Å². The van der Waals surface area contributed by atoms with E-state index < -0.39 is 67.1 Å². The molecule has 0 unspecified atom stereocenters. The van der Waals surface area contributed by atoms with Crippen LogP contribution in [-0.2, 0) is 41.6 Å². The molecule has 3 atom stereocenters. The van der Waals surface area contributed by atoms with E-state index in [9.17, 15) is 31.2 Å². The van der Waals surface area contributed by atoms with Gasteiger partial charge in [-0.25, -0.2) is 26.5 Å². The zero-order chi connectivity index (χ0) is 34.5. The van der Waals surface area contributed by atoms with Gasteiger partial charge in [0, 0.05) is 24.4 Å². The van der Waals surface area contributed by atoms with Gasteiger partial charge in [0.05, 0.1) is 17.5 Å². The molecule has 7 N–H and O–H groups in total. The number of nitrogens with two attached hydrogens (primary N) is 2. The predicted octanol–water partition coefficient (Wildman–Crippen LogP) is 0.515. The van der Waals surface area contributed by atoms with Crippen molar-refractivity contribution in [3.63, 3.8) is 0 Å². The number of rotatable bonds is 19. The monoisotopic (exact) mass is 705 g/mol. The fraction of sp³-hybridized carbons (Fsp3) is 0.367. The summed E-state index contributed by atoms with van der Waals surface area (Å²) < 4.78 is 52.9. The molecule has 0 fully saturated rings. The van der Waals surface area contributed by atoms with Crippen LogP contribution < -0.4 is 26.8 Å². The van der Waals surface area contributed by atoms with Gasteiger partial charge in [-0.1, -0.05) is 60.7 Å². The zero-order valence-corrected chi connectivity index (χ0v) is 28.2. The molecule has 47 heavy (non-hydrogen) atoms. The van der Waals surface area contributed by atoms with Gasteiger partial charge in [-0.3, -0.25) is 19.4 Å². The van der Waals surface area contributed by atoms with Crippen molar-refractivity contribution in [2.75, 3.05) is 18.6 Å². The molecular formula is C30H39N7O7S3. The maximum Gasteiger partial charge on any atom is 0.243 e. The van der Waals surface area contributed by atoms with E-state index in [4.69, 9.17) is 11.5 Å². The largest absolute Gasteiger partial charge is 0.370 e. The second-order valence-electron chi connectivity index (χ2n) is 10.8. The lowest BCUT2D eigenvalue weighted by Crippen LogP contribution is -2.56. The number of thiazole rings is 1. The lowest BCUT2D eigenvalue weighted by atomic mass is 10.0. The van der Waals surface area contributed by atoms with Gasteiger partial charge in [0.25, 0.3) is 0 Å². The standard InChI is InChI=1S/C30H39N7O7S3/c1-46(41,42)18-14-24(27(39)35-23(13-8-15-34-30(31)32)26(38)29-33-16-17-45-29)36-28(40)25(19-21-9-4-2-5-10-21)37-47(43,44)20-22-11-6-3-7-12-22/h2-7,9-12,16-17,23-25,37H,8,13-15,18-20H2,1H3,(H,35,39)(H,36,40)(H4,31,32,34)/t23-,24-,25+/m0/s1. The van der Waals surface area contributed by atoms with Gasteiger partial charge >= 0.3 is 0 Å². The molecule has 3 aromatic rings. The highest BCUT2D eigenvalue weighted by atomic mass is 32.2. The molecule has 0 aliphatic carbocycles. The molecule has 254 valence electrons. The first-order valence-corrected chi connectivity index (χ1v) is 19.2. The molecule has 0 radical (unpaired) electrons. The Bertz CT molecular complexity index is 1720. The number of nitrogens with zero attached hydrogens (tertiary/aromatic N) is 2. The van der Waals surface area contributed by atoms with Gasteiger partial charge in [0.1, 0.15) is 21.9 Å². The van der Waals surface area contributed by atoms with Gasteiger partial charge in [0.15, 0.2) is 11.0 Å². The number of carbonyl (C=O) groups excluding carboxylic acids is 3. The van der Waals surface area contributed by atoms with E-state index in [2.05, 4.69) is 25.3 Å².